The molecule has 1 fully saturated rings. The summed E-state index contributed by atoms with van der Waals surface area (Å²) < 4.78 is 26.7. The Bertz CT molecular complexity index is 878. The maximum absolute atomic E-state index is 13.5. The van der Waals surface area contributed by atoms with E-state index in [9.17, 15) is 18.4 Å². The lowest BCUT2D eigenvalue weighted by molar-refractivity contribution is -0.146. The van der Waals surface area contributed by atoms with Crippen LogP contribution in [0.3, 0.4) is 0 Å². The maximum Gasteiger partial charge on any atom is 0.316 e. The molecule has 4 nitrogen and oxygen atoms in total. The highest BCUT2D eigenvalue weighted by atomic mass is 35.5. The molecule has 0 spiro atoms. The average molecular weight is 379 g/mol. The number of carbonyl (C=O) groups is 2. The highest BCUT2D eigenvalue weighted by Crippen LogP contribution is 2.28. The predicted molar refractivity (Wildman–Crippen MR) is 95.1 cm³/mol. The largest absolute Gasteiger partial charge is 0.328 e. The van der Waals surface area contributed by atoms with Crippen molar-refractivity contribution in [3.63, 3.8) is 0 Å². The summed E-state index contributed by atoms with van der Waals surface area (Å²) in [5.74, 6) is -2.19. The van der Waals surface area contributed by atoms with E-state index in [0.29, 0.717) is 28.9 Å². The average Bonchev–Trinajstić information content (AvgIpc) is 2.55. The number of carbonyl (C=O) groups excluding carboxylic acids is 2. The Hall–Kier alpha value is -2.47. The lowest BCUT2D eigenvalue weighted by Crippen LogP contribution is -2.54. The third-order valence-corrected chi connectivity index (χ3v) is 4.76. The first kappa shape index (κ1) is 18.3. The summed E-state index contributed by atoms with van der Waals surface area (Å²) >= 11 is 6.00. The Labute approximate surface area is 155 Å². The van der Waals surface area contributed by atoms with Crippen LogP contribution in [-0.2, 0) is 16.1 Å². The number of benzene rings is 2. The van der Waals surface area contributed by atoms with Gasteiger partial charge in [0.05, 0.1) is 5.69 Å². The summed E-state index contributed by atoms with van der Waals surface area (Å²) in [6.45, 7) is 4.12. The van der Waals surface area contributed by atoms with E-state index in [2.05, 4.69) is 0 Å². The highest BCUT2D eigenvalue weighted by Gasteiger charge is 2.34. The van der Waals surface area contributed by atoms with Gasteiger partial charge in [-0.15, -0.1) is 0 Å². The fourth-order valence-electron chi connectivity index (χ4n) is 3.22. The van der Waals surface area contributed by atoms with E-state index in [1.807, 2.05) is 0 Å². The molecule has 2 aromatic rings. The number of rotatable bonds is 3. The topological polar surface area (TPSA) is 40.6 Å². The molecule has 0 saturated carbocycles. The van der Waals surface area contributed by atoms with Gasteiger partial charge in [0.25, 0.3) is 0 Å². The molecule has 0 N–H and O–H groups in total. The number of nitrogens with zero attached hydrogens (tertiary/aromatic N) is 2. The first-order chi connectivity index (χ1) is 12.3. The van der Waals surface area contributed by atoms with Gasteiger partial charge in [-0.05, 0) is 54.8 Å². The van der Waals surface area contributed by atoms with Gasteiger partial charge in [0, 0.05) is 24.7 Å². The second kappa shape index (κ2) is 7.03. The number of amides is 2. The molecule has 0 unspecified atom stereocenters. The van der Waals surface area contributed by atoms with Crippen LogP contribution < -0.4 is 4.90 Å². The van der Waals surface area contributed by atoms with Crippen molar-refractivity contribution in [2.75, 3.05) is 18.0 Å². The molecule has 26 heavy (non-hydrogen) atoms. The Kier molecular flexibility index (Phi) is 4.96. The summed E-state index contributed by atoms with van der Waals surface area (Å²) in [4.78, 5) is 27.9. The molecule has 0 atom stereocenters. The minimum Gasteiger partial charge on any atom is -0.328 e. The Morgan fingerprint density at radius 2 is 1.62 bits per heavy atom. The first-order valence-corrected chi connectivity index (χ1v) is 8.47. The van der Waals surface area contributed by atoms with Crippen LogP contribution in [0.1, 0.15) is 16.7 Å². The van der Waals surface area contributed by atoms with Crippen LogP contribution in [0, 0.1) is 25.5 Å². The monoisotopic (exact) mass is 378 g/mol. The minimum absolute atomic E-state index is 0.124. The summed E-state index contributed by atoms with van der Waals surface area (Å²) in [6, 6.07) is 6.60. The smallest absolute Gasteiger partial charge is 0.316 e. The fraction of sp³-hybridized carbons (Fsp3) is 0.263. The van der Waals surface area contributed by atoms with E-state index in [1.54, 1.807) is 13.8 Å². The molecule has 1 saturated heterocycles. The first-order valence-electron chi connectivity index (χ1n) is 8.09. The van der Waals surface area contributed by atoms with Crippen molar-refractivity contribution in [3.8, 4) is 0 Å². The van der Waals surface area contributed by atoms with Gasteiger partial charge in [-0.25, -0.2) is 8.78 Å². The number of piperazine rings is 1. The van der Waals surface area contributed by atoms with Gasteiger partial charge in [0.1, 0.15) is 11.6 Å². The lowest BCUT2D eigenvalue weighted by atomic mass is 10.1. The van der Waals surface area contributed by atoms with Crippen LogP contribution in [-0.4, -0.2) is 29.8 Å². The SMILES string of the molecule is Cc1cc(F)cc(C)c1N1CCN(Cc2ccc(F)cc2Cl)C(=O)C1=O. The molecule has 1 heterocycles. The third-order valence-electron chi connectivity index (χ3n) is 4.41. The van der Waals surface area contributed by atoms with Gasteiger partial charge in [-0.1, -0.05) is 17.7 Å². The number of hydrogen-bond donors (Lipinski definition) is 0. The quantitative estimate of drug-likeness (QED) is 0.765. The van der Waals surface area contributed by atoms with E-state index in [0.717, 1.165) is 0 Å². The van der Waals surface area contributed by atoms with Crippen molar-refractivity contribution < 1.29 is 18.4 Å². The number of aryl methyl sites for hydroxylation is 2. The van der Waals surface area contributed by atoms with Crippen LogP contribution >= 0.6 is 11.6 Å². The zero-order valence-electron chi connectivity index (χ0n) is 14.4. The number of halogens is 3. The van der Waals surface area contributed by atoms with E-state index < -0.39 is 17.6 Å². The summed E-state index contributed by atoms with van der Waals surface area (Å²) in [5, 5.41) is 0.206. The van der Waals surface area contributed by atoms with Gasteiger partial charge in [0.15, 0.2) is 0 Å². The van der Waals surface area contributed by atoms with E-state index in [1.165, 1.54) is 40.1 Å². The number of hydrogen-bond acceptors (Lipinski definition) is 2. The van der Waals surface area contributed by atoms with Crippen molar-refractivity contribution in [1.82, 2.24) is 4.90 Å². The molecular formula is C19H17ClF2N2O2. The second-order valence-electron chi connectivity index (χ2n) is 6.31. The van der Waals surface area contributed by atoms with E-state index in [-0.39, 0.29) is 23.9 Å². The molecular weight excluding hydrogens is 362 g/mol. The summed E-state index contributed by atoms with van der Waals surface area (Å²) in [7, 11) is 0. The molecule has 2 amide bonds. The molecule has 1 aliphatic heterocycles. The molecule has 0 aromatic heterocycles. The zero-order valence-corrected chi connectivity index (χ0v) is 15.1. The van der Waals surface area contributed by atoms with Gasteiger partial charge >= 0.3 is 11.8 Å². The lowest BCUT2D eigenvalue weighted by Gasteiger charge is -2.35. The van der Waals surface area contributed by atoms with Gasteiger partial charge in [-0.2, -0.15) is 0 Å². The van der Waals surface area contributed by atoms with Crippen LogP contribution in [0.5, 0.6) is 0 Å². The van der Waals surface area contributed by atoms with E-state index >= 15 is 0 Å². The highest BCUT2D eigenvalue weighted by molar-refractivity contribution is 6.41. The normalized spacial score (nSPS) is 15.0. The van der Waals surface area contributed by atoms with Gasteiger partial charge in [0.2, 0.25) is 0 Å². The van der Waals surface area contributed by atoms with Crippen molar-refractivity contribution in [3.05, 3.63) is 63.7 Å². The minimum atomic E-state index is -0.674. The van der Waals surface area contributed by atoms with Crippen molar-refractivity contribution in [2.24, 2.45) is 0 Å². The molecule has 0 aliphatic carbocycles. The Morgan fingerprint density at radius 3 is 2.23 bits per heavy atom. The Morgan fingerprint density at radius 1 is 0.962 bits per heavy atom. The molecule has 7 heteroatoms. The molecule has 2 aromatic carbocycles. The Balaban J connectivity index is 1.82. The number of anilines is 1. The summed E-state index contributed by atoms with van der Waals surface area (Å²) in [5.41, 5.74) is 2.32. The molecule has 0 bridgehead atoms. The van der Waals surface area contributed by atoms with Crippen molar-refractivity contribution >= 4 is 29.1 Å². The van der Waals surface area contributed by atoms with E-state index in [4.69, 9.17) is 11.6 Å². The molecule has 0 radical (unpaired) electrons. The molecule has 3 rings (SSSR count). The van der Waals surface area contributed by atoms with Gasteiger partial charge < -0.3 is 9.80 Å². The fourth-order valence-corrected chi connectivity index (χ4v) is 3.45. The van der Waals surface area contributed by atoms with Crippen molar-refractivity contribution in [1.29, 1.82) is 0 Å². The van der Waals surface area contributed by atoms with Crippen LogP contribution in [0.25, 0.3) is 0 Å². The predicted octanol–water partition coefficient (Wildman–Crippen LogP) is 3.61. The second-order valence-corrected chi connectivity index (χ2v) is 6.71. The maximum atomic E-state index is 13.5. The third kappa shape index (κ3) is 3.42. The van der Waals surface area contributed by atoms with Crippen LogP contribution in [0.4, 0.5) is 14.5 Å². The van der Waals surface area contributed by atoms with Gasteiger partial charge in [-0.3, -0.25) is 9.59 Å². The van der Waals surface area contributed by atoms with Crippen molar-refractivity contribution in [2.45, 2.75) is 20.4 Å². The van der Waals surface area contributed by atoms with Crippen LogP contribution in [0.15, 0.2) is 30.3 Å². The summed E-state index contributed by atoms with van der Waals surface area (Å²) in [6.07, 6.45) is 0. The molecule has 1 aliphatic rings. The standard InChI is InChI=1S/C19H17ClF2N2O2/c1-11-7-15(22)8-12(2)17(11)24-6-5-23(18(25)19(24)26)10-13-3-4-14(21)9-16(13)20/h3-4,7-9H,5-6,10H2,1-2H3. The molecule has 136 valence electrons. The van der Waals surface area contributed by atoms with Crippen LogP contribution in [0.2, 0.25) is 5.02 Å². The zero-order chi connectivity index (χ0) is 19.0.